The molecule has 0 bridgehead atoms. The number of hydrogen-bond acceptors (Lipinski definition) is 6. The minimum atomic E-state index is -3.98. The van der Waals surface area contributed by atoms with E-state index in [0.717, 1.165) is 11.0 Å². The van der Waals surface area contributed by atoms with E-state index in [4.69, 9.17) is 5.14 Å². The molecule has 0 aliphatic rings. The van der Waals surface area contributed by atoms with Crippen LogP contribution in [0.25, 0.3) is 0 Å². The van der Waals surface area contributed by atoms with Crippen LogP contribution in [-0.2, 0) is 10.0 Å². The molecule has 24 heavy (non-hydrogen) atoms. The number of nitro benzene ring substituents is 1. The van der Waals surface area contributed by atoms with Crippen LogP contribution >= 0.6 is 11.8 Å². The van der Waals surface area contributed by atoms with E-state index in [1.165, 1.54) is 12.1 Å². The van der Waals surface area contributed by atoms with Crippen LogP contribution in [0.3, 0.4) is 0 Å². The van der Waals surface area contributed by atoms with Gasteiger partial charge in [-0.1, -0.05) is 25.1 Å². The van der Waals surface area contributed by atoms with Gasteiger partial charge in [-0.15, -0.1) is 11.8 Å². The summed E-state index contributed by atoms with van der Waals surface area (Å²) in [5, 5.41) is 19.3. The van der Waals surface area contributed by atoms with Gasteiger partial charge in [-0.2, -0.15) is 0 Å². The maximum Gasteiger partial charge on any atom is 0.293 e. The number of benzene rings is 2. The number of anilines is 1. The zero-order valence-corrected chi connectivity index (χ0v) is 14.5. The summed E-state index contributed by atoms with van der Waals surface area (Å²) >= 11 is 1.64. The molecule has 0 spiro atoms. The number of nitrogens with zero attached hydrogens (tertiary/aromatic N) is 1. The number of rotatable bonds is 7. The van der Waals surface area contributed by atoms with E-state index in [1.807, 2.05) is 37.3 Å². The highest BCUT2D eigenvalue weighted by atomic mass is 32.2. The van der Waals surface area contributed by atoms with Gasteiger partial charge in [-0.3, -0.25) is 10.1 Å². The van der Waals surface area contributed by atoms with Gasteiger partial charge in [0.15, 0.2) is 0 Å². The van der Waals surface area contributed by atoms with Crippen LogP contribution in [0.5, 0.6) is 0 Å². The Hall–Kier alpha value is -2.10. The first kappa shape index (κ1) is 18.2. The number of hydrogen-bond donors (Lipinski definition) is 2. The lowest BCUT2D eigenvalue weighted by atomic mass is 10.2. The first-order chi connectivity index (χ1) is 11.3. The highest BCUT2D eigenvalue weighted by molar-refractivity contribution is 8.00. The van der Waals surface area contributed by atoms with Crippen LogP contribution in [0.2, 0.25) is 0 Å². The van der Waals surface area contributed by atoms with E-state index in [0.29, 0.717) is 6.54 Å². The van der Waals surface area contributed by atoms with Crippen LogP contribution < -0.4 is 10.5 Å². The molecule has 0 radical (unpaired) electrons. The van der Waals surface area contributed by atoms with Crippen molar-refractivity contribution >= 4 is 33.2 Å². The summed E-state index contributed by atoms with van der Waals surface area (Å²) in [7, 11) is -3.98. The first-order valence-corrected chi connectivity index (χ1v) is 9.47. The van der Waals surface area contributed by atoms with Crippen molar-refractivity contribution in [2.24, 2.45) is 5.14 Å². The van der Waals surface area contributed by atoms with Gasteiger partial charge in [0, 0.05) is 22.8 Å². The van der Waals surface area contributed by atoms with Gasteiger partial charge in [-0.05, 0) is 24.3 Å². The molecule has 1 atom stereocenters. The van der Waals surface area contributed by atoms with Gasteiger partial charge in [0.05, 0.1) is 9.82 Å². The van der Waals surface area contributed by atoms with Crippen molar-refractivity contribution in [2.45, 2.75) is 22.0 Å². The van der Waals surface area contributed by atoms with E-state index in [9.17, 15) is 18.5 Å². The van der Waals surface area contributed by atoms with Crippen molar-refractivity contribution in [3.05, 3.63) is 58.6 Å². The van der Waals surface area contributed by atoms with E-state index in [-0.39, 0.29) is 21.5 Å². The van der Waals surface area contributed by atoms with Crippen LogP contribution in [-0.4, -0.2) is 25.1 Å². The molecule has 0 heterocycles. The molecule has 128 valence electrons. The molecule has 0 amide bonds. The predicted octanol–water partition coefficient (Wildman–Crippen LogP) is 2.83. The first-order valence-electron chi connectivity index (χ1n) is 7.04. The summed E-state index contributed by atoms with van der Waals surface area (Å²) in [5.74, 6) is 0. The molecule has 1 unspecified atom stereocenters. The zero-order chi connectivity index (χ0) is 17.7. The minimum Gasteiger partial charge on any atom is -0.378 e. The van der Waals surface area contributed by atoms with E-state index >= 15 is 0 Å². The summed E-state index contributed by atoms with van der Waals surface area (Å²) < 4.78 is 22.6. The topological polar surface area (TPSA) is 115 Å². The normalized spacial score (nSPS) is 12.6. The SMILES string of the molecule is CC(CNc1ccc(S(N)(=O)=O)cc1[N+](=O)[O-])Sc1ccccc1. The molecule has 0 saturated heterocycles. The van der Waals surface area contributed by atoms with Crippen molar-refractivity contribution in [2.75, 3.05) is 11.9 Å². The lowest BCUT2D eigenvalue weighted by molar-refractivity contribution is -0.384. The molecule has 2 aromatic carbocycles. The Kier molecular flexibility index (Phi) is 5.81. The zero-order valence-electron chi connectivity index (χ0n) is 12.9. The lowest BCUT2D eigenvalue weighted by Crippen LogP contribution is -2.15. The Balaban J connectivity index is 2.10. The Labute approximate surface area is 144 Å². The van der Waals surface area contributed by atoms with E-state index in [1.54, 1.807) is 11.8 Å². The number of primary sulfonamides is 1. The number of nitrogens with two attached hydrogens (primary N) is 1. The second-order valence-electron chi connectivity index (χ2n) is 5.10. The molecular weight excluding hydrogens is 350 g/mol. The standard InChI is InChI=1S/C15H17N3O4S2/c1-11(23-12-5-3-2-4-6-12)10-17-14-8-7-13(24(16,21)22)9-15(14)18(19)20/h2-9,11,17H,10H2,1H3,(H2,16,21,22). The highest BCUT2D eigenvalue weighted by Gasteiger charge is 2.19. The van der Waals surface area contributed by atoms with Crippen LogP contribution in [0, 0.1) is 10.1 Å². The summed E-state index contributed by atoms with van der Waals surface area (Å²) in [6, 6.07) is 13.4. The molecule has 9 heteroatoms. The van der Waals surface area contributed by atoms with E-state index < -0.39 is 14.9 Å². The average Bonchev–Trinajstić information content (AvgIpc) is 2.52. The second-order valence-corrected chi connectivity index (χ2v) is 8.18. The van der Waals surface area contributed by atoms with Gasteiger partial charge in [0.2, 0.25) is 10.0 Å². The summed E-state index contributed by atoms with van der Waals surface area (Å²) in [5.41, 5.74) is -0.0636. The van der Waals surface area contributed by atoms with Gasteiger partial charge in [-0.25, -0.2) is 13.6 Å². The molecule has 3 N–H and O–H groups in total. The molecule has 0 aromatic heterocycles. The fraction of sp³-hybridized carbons (Fsp3) is 0.200. The predicted molar refractivity (Wildman–Crippen MR) is 94.7 cm³/mol. The monoisotopic (exact) mass is 367 g/mol. The number of thioether (sulfide) groups is 1. The van der Waals surface area contributed by atoms with Gasteiger partial charge in [0.1, 0.15) is 5.69 Å². The maximum atomic E-state index is 11.3. The quantitative estimate of drug-likeness (QED) is 0.442. The molecule has 0 aliphatic carbocycles. The molecule has 0 fully saturated rings. The average molecular weight is 367 g/mol. The van der Waals surface area contributed by atoms with Crippen molar-refractivity contribution in [3.63, 3.8) is 0 Å². The maximum absolute atomic E-state index is 11.3. The van der Waals surface area contributed by atoms with Gasteiger partial charge >= 0.3 is 0 Å². The minimum absolute atomic E-state index is 0.157. The van der Waals surface area contributed by atoms with E-state index in [2.05, 4.69) is 5.32 Å². The summed E-state index contributed by atoms with van der Waals surface area (Å²) in [6.45, 7) is 2.48. The molecule has 0 saturated carbocycles. The van der Waals surface area contributed by atoms with Crippen molar-refractivity contribution < 1.29 is 13.3 Å². The lowest BCUT2D eigenvalue weighted by Gasteiger charge is -2.14. The summed E-state index contributed by atoms with van der Waals surface area (Å²) in [6.07, 6.45) is 0. The smallest absolute Gasteiger partial charge is 0.293 e. The van der Waals surface area contributed by atoms with Gasteiger partial charge < -0.3 is 5.32 Å². The van der Waals surface area contributed by atoms with Crippen LogP contribution in [0.4, 0.5) is 11.4 Å². The van der Waals surface area contributed by atoms with Crippen LogP contribution in [0.1, 0.15) is 6.92 Å². The molecule has 2 rings (SSSR count). The molecule has 2 aromatic rings. The Morgan fingerprint density at radius 3 is 2.50 bits per heavy atom. The fourth-order valence-electron chi connectivity index (χ4n) is 2.02. The van der Waals surface area contributed by atoms with Crippen molar-refractivity contribution in [3.8, 4) is 0 Å². The third-order valence-corrected chi connectivity index (χ3v) is 5.18. The Bertz CT molecular complexity index is 826. The summed E-state index contributed by atoms with van der Waals surface area (Å²) in [4.78, 5) is 11.3. The number of sulfonamides is 1. The highest BCUT2D eigenvalue weighted by Crippen LogP contribution is 2.28. The third-order valence-electron chi connectivity index (χ3n) is 3.15. The Morgan fingerprint density at radius 1 is 1.25 bits per heavy atom. The third kappa shape index (κ3) is 4.95. The van der Waals surface area contributed by atoms with Crippen molar-refractivity contribution in [1.82, 2.24) is 0 Å². The molecule has 0 aliphatic heterocycles. The fourth-order valence-corrected chi connectivity index (χ4v) is 3.49. The molecular formula is C15H17N3O4S2. The van der Waals surface area contributed by atoms with Crippen LogP contribution in [0.15, 0.2) is 58.3 Å². The molecule has 7 nitrogen and oxygen atoms in total. The largest absolute Gasteiger partial charge is 0.378 e. The van der Waals surface area contributed by atoms with Crippen molar-refractivity contribution in [1.29, 1.82) is 0 Å². The number of nitrogens with one attached hydrogen (secondary N) is 1. The second kappa shape index (κ2) is 7.65. The number of nitro groups is 1. The Morgan fingerprint density at radius 2 is 1.92 bits per heavy atom. The van der Waals surface area contributed by atoms with Gasteiger partial charge in [0.25, 0.3) is 5.69 Å².